The van der Waals surface area contributed by atoms with Gasteiger partial charge in [-0.25, -0.2) is 9.97 Å². The summed E-state index contributed by atoms with van der Waals surface area (Å²) in [5.41, 5.74) is 9.60. The SMILES string of the molecule is c1ccc2c(c1)sc1c(-c3cc(-c4nc5c(nc6ccccn65)c5ccccc45)cc(-c4cccc5c4sc4ccccc45)c3)cccc12. The normalized spacial score (nSPS) is 12.1. The van der Waals surface area contributed by atoms with Gasteiger partial charge in [-0.15, -0.1) is 22.7 Å². The molecule has 0 spiro atoms. The highest BCUT2D eigenvalue weighted by atomic mass is 32.1. The largest absolute Gasteiger partial charge is 0.284 e. The van der Waals surface area contributed by atoms with Gasteiger partial charge in [0.2, 0.25) is 0 Å². The average molecular weight is 660 g/mol. The molecule has 0 aliphatic heterocycles. The average Bonchev–Trinajstić information content (AvgIpc) is 3.86. The Labute approximate surface area is 289 Å². The van der Waals surface area contributed by atoms with Crippen LogP contribution in [0.15, 0.2) is 152 Å². The van der Waals surface area contributed by atoms with Crippen LogP contribution >= 0.6 is 22.7 Å². The molecule has 5 heteroatoms. The zero-order chi connectivity index (χ0) is 32.1. The van der Waals surface area contributed by atoms with Crippen LogP contribution < -0.4 is 0 Å². The Kier molecular flexibility index (Phi) is 5.70. The number of pyridine rings is 2. The van der Waals surface area contributed by atoms with E-state index < -0.39 is 0 Å². The minimum atomic E-state index is 0.870. The van der Waals surface area contributed by atoms with Crippen molar-refractivity contribution < 1.29 is 0 Å². The van der Waals surface area contributed by atoms with E-state index in [4.69, 9.17) is 9.97 Å². The molecular weight excluding hydrogens is 635 g/mol. The topological polar surface area (TPSA) is 30.2 Å². The molecule has 3 nitrogen and oxygen atoms in total. The number of rotatable bonds is 3. The Bertz CT molecular complexity index is 2990. The van der Waals surface area contributed by atoms with Gasteiger partial charge in [-0.05, 0) is 64.7 Å². The first kappa shape index (κ1) is 27.1. The van der Waals surface area contributed by atoms with Crippen LogP contribution in [0.4, 0.5) is 0 Å². The quantitative estimate of drug-likeness (QED) is 0.189. The van der Waals surface area contributed by atoms with Crippen molar-refractivity contribution in [2.75, 3.05) is 0 Å². The van der Waals surface area contributed by atoms with E-state index in [9.17, 15) is 0 Å². The first-order valence-electron chi connectivity index (χ1n) is 16.4. The Hall–Kier alpha value is -5.88. The van der Waals surface area contributed by atoms with E-state index in [0.29, 0.717) is 0 Å². The fourth-order valence-corrected chi connectivity index (χ4v) is 10.1. The summed E-state index contributed by atoms with van der Waals surface area (Å²) in [6, 6.07) is 52.7. The van der Waals surface area contributed by atoms with Crippen molar-refractivity contribution in [1.82, 2.24) is 14.4 Å². The molecule has 5 aromatic heterocycles. The van der Waals surface area contributed by atoms with Crippen molar-refractivity contribution in [3.05, 3.63) is 152 Å². The molecule has 0 saturated carbocycles. The molecule has 5 heterocycles. The Balaban J connectivity index is 1.25. The molecule has 0 aliphatic rings. The van der Waals surface area contributed by atoms with Gasteiger partial charge in [0.25, 0.3) is 0 Å². The fraction of sp³-hybridized carbons (Fsp3) is 0. The lowest BCUT2D eigenvalue weighted by Gasteiger charge is -2.14. The Morgan fingerprint density at radius 2 is 0.959 bits per heavy atom. The molecule has 0 fully saturated rings. The minimum absolute atomic E-state index is 0.870. The molecule has 0 amide bonds. The number of thiophene rings is 2. The summed E-state index contributed by atoms with van der Waals surface area (Å²) in [5.74, 6) is 0. The van der Waals surface area contributed by atoms with Crippen LogP contribution in [0.3, 0.4) is 0 Å². The van der Waals surface area contributed by atoms with Crippen molar-refractivity contribution in [2.45, 2.75) is 0 Å². The number of hydrogen-bond acceptors (Lipinski definition) is 4. The molecular formula is C44H25N3S2. The molecule has 0 aliphatic carbocycles. The second kappa shape index (κ2) is 10.3. The van der Waals surface area contributed by atoms with Crippen LogP contribution in [0.25, 0.3) is 101 Å². The van der Waals surface area contributed by atoms with Crippen molar-refractivity contribution in [3.63, 3.8) is 0 Å². The number of aromatic nitrogens is 3. The zero-order valence-corrected chi connectivity index (χ0v) is 27.7. The van der Waals surface area contributed by atoms with E-state index in [1.807, 2.05) is 40.9 Å². The van der Waals surface area contributed by atoms with E-state index >= 15 is 0 Å². The van der Waals surface area contributed by atoms with Gasteiger partial charge < -0.3 is 0 Å². The predicted octanol–water partition coefficient (Wildman–Crippen LogP) is 12.8. The van der Waals surface area contributed by atoms with Gasteiger partial charge in [-0.1, -0.05) is 103 Å². The van der Waals surface area contributed by atoms with Crippen LogP contribution in [-0.4, -0.2) is 14.4 Å². The van der Waals surface area contributed by atoms with Crippen LogP contribution in [0.5, 0.6) is 0 Å². The smallest absolute Gasteiger partial charge is 0.165 e. The van der Waals surface area contributed by atoms with Crippen LogP contribution in [0.1, 0.15) is 0 Å². The molecule has 0 saturated heterocycles. The molecule has 11 rings (SSSR count). The number of nitrogens with zero attached hydrogens (tertiary/aromatic N) is 3. The predicted molar refractivity (Wildman–Crippen MR) is 210 cm³/mol. The van der Waals surface area contributed by atoms with E-state index in [-0.39, 0.29) is 0 Å². The summed E-state index contributed by atoms with van der Waals surface area (Å²) in [5, 5.41) is 7.42. The van der Waals surface area contributed by atoms with Crippen molar-refractivity contribution in [1.29, 1.82) is 0 Å². The molecule has 6 aromatic carbocycles. The molecule has 11 aromatic rings. The summed E-state index contributed by atoms with van der Waals surface area (Å²) >= 11 is 3.75. The maximum absolute atomic E-state index is 5.43. The van der Waals surface area contributed by atoms with Crippen molar-refractivity contribution >= 4 is 90.6 Å². The van der Waals surface area contributed by atoms with Gasteiger partial charge in [0.05, 0.1) is 5.69 Å². The molecule has 49 heavy (non-hydrogen) atoms. The van der Waals surface area contributed by atoms with Crippen molar-refractivity contribution in [3.8, 4) is 33.5 Å². The molecule has 0 N–H and O–H groups in total. The van der Waals surface area contributed by atoms with Crippen LogP contribution in [0.2, 0.25) is 0 Å². The Morgan fingerprint density at radius 3 is 1.61 bits per heavy atom. The minimum Gasteiger partial charge on any atom is -0.284 e. The second-order valence-electron chi connectivity index (χ2n) is 12.6. The first-order valence-corrected chi connectivity index (χ1v) is 18.0. The molecule has 228 valence electrons. The molecule has 0 atom stereocenters. The third-order valence-electron chi connectivity index (χ3n) is 9.80. The van der Waals surface area contributed by atoms with Gasteiger partial charge in [0.1, 0.15) is 11.2 Å². The number of hydrogen-bond donors (Lipinski definition) is 0. The summed E-state index contributed by atoms with van der Waals surface area (Å²) < 4.78 is 7.33. The summed E-state index contributed by atoms with van der Waals surface area (Å²) in [4.78, 5) is 10.5. The molecule has 0 radical (unpaired) electrons. The van der Waals surface area contributed by atoms with Gasteiger partial charge in [0.15, 0.2) is 5.65 Å². The first-order chi connectivity index (χ1) is 24.3. The van der Waals surface area contributed by atoms with E-state index in [0.717, 1.165) is 38.8 Å². The standard InChI is InChI=1S/C44H25N3S2/c1-2-14-34-33(13-1)40(46-44-41(34)45-39-21-7-8-22-47(39)44)28-24-26(29-15-9-17-35-31-11-3-5-19-37(31)48-42(29)35)23-27(25-28)30-16-10-18-36-32-12-4-6-20-38(32)49-43(30)36/h1-25H. The maximum atomic E-state index is 5.43. The lowest BCUT2D eigenvalue weighted by atomic mass is 9.92. The highest BCUT2D eigenvalue weighted by Gasteiger charge is 2.19. The van der Waals surface area contributed by atoms with Gasteiger partial charge in [-0.3, -0.25) is 4.40 Å². The Morgan fingerprint density at radius 1 is 0.429 bits per heavy atom. The van der Waals surface area contributed by atoms with Gasteiger partial charge in [-0.2, -0.15) is 0 Å². The van der Waals surface area contributed by atoms with Gasteiger partial charge >= 0.3 is 0 Å². The van der Waals surface area contributed by atoms with E-state index in [2.05, 4.69) is 138 Å². The lowest BCUT2D eigenvalue weighted by molar-refractivity contribution is 1.19. The van der Waals surface area contributed by atoms with Crippen molar-refractivity contribution in [2.24, 2.45) is 0 Å². The second-order valence-corrected chi connectivity index (χ2v) is 14.7. The maximum Gasteiger partial charge on any atom is 0.165 e. The third kappa shape index (κ3) is 4.00. The highest BCUT2D eigenvalue weighted by molar-refractivity contribution is 7.26. The zero-order valence-electron chi connectivity index (χ0n) is 26.1. The number of fused-ring (bicyclic) bond motifs is 11. The molecule has 0 unspecified atom stereocenters. The summed E-state index contributed by atoms with van der Waals surface area (Å²) in [6.07, 6.45) is 2.06. The number of imidazole rings is 1. The summed E-state index contributed by atoms with van der Waals surface area (Å²) in [7, 11) is 0. The van der Waals surface area contributed by atoms with Crippen LogP contribution in [-0.2, 0) is 0 Å². The number of benzene rings is 6. The van der Waals surface area contributed by atoms with E-state index in [1.54, 1.807) is 0 Å². The van der Waals surface area contributed by atoms with Gasteiger partial charge in [0, 0.05) is 62.9 Å². The van der Waals surface area contributed by atoms with E-state index in [1.165, 1.54) is 62.6 Å². The lowest BCUT2D eigenvalue weighted by Crippen LogP contribution is -1.93. The molecule has 0 bridgehead atoms. The fourth-order valence-electron chi connectivity index (χ4n) is 7.58. The third-order valence-corrected chi connectivity index (χ3v) is 12.2. The summed E-state index contributed by atoms with van der Waals surface area (Å²) in [6.45, 7) is 0. The monoisotopic (exact) mass is 659 g/mol. The van der Waals surface area contributed by atoms with Crippen LogP contribution in [0, 0.1) is 0 Å². The highest BCUT2D eigenvalue weighted by Crippen LogP contribution is 2.45.